The second-order valence-electron chi connectivity index (χ2n) is 9.71. The fraction of sp³-hybridized carbons (Fsp3) is 0.267. The summed E-state index contributed by atoms with van der Waals surface area (Å²) in [7, 11) is 0. The van der Waals surface area contributed by atoms with Crippen LogP contribution in [0.15, 0.2) is 76.5 Å². The first-order chi connectivity index (χ1) is 18.5. The maximum Gasteiger partial charge on any atom is 0.262 e. The summed E-state index contributed by atoms with van der Waals surface area (Å²) in [6.07, 6.45) is 2.80. The molecule has 2 amide bonds. The highest BCUT2D eigenvalue weighted by molar-refractivity contribution is 8.04. The van der Waals surface area contributed by atoms with E-state index in [-0.39, 0.29) is 11.8 Å². The van der Waals surface area contributed by atoms with E-state index >= 15 is 0 Å². The summed E-state index contributed by atoms with van der Waals surface area (Å²) in [5, 5.41) is 6.75. The lowest BCUT2D eigenvalue weighted by Gasteiger charge is -2.34. The highest BCUT2D eigenvalue weighted by Gasteiger charge is 2.23. The Morgan fingerprint density at radius 1 is 1.11 bits per heavy atom. The Morgan fingerprint density at radius 3 is 2.68 bits per heavy atom. The molecule has 0 atom stereocenters. The van der Waals surface area contributed by atoms with Crippen LogP contribution in [0.1, 0.15) is 27.9 Å². The fourth-order valence-corrected chi connectivity index (χ4v) is 5.98. The minimum atomic E-state index is -0.155. The number of carbonyl (C=O) groups excluding carboxylic acids is 2. The van der Waals surface area contributed by atoms with Gasteiger partial charge in [0.25, 0.3) is 11.8 Å². The summed E-state index contributed by atoms with van der Waals surface area (Å²) < 4.78 is 0. The van der Waals surface area contributed by atoms with Crippen LogP contribution in [-0.4, -0.2) is 51.1 Å². The number of carbonyl (C=O) groups is 2. The highest BCUT2D eigenvalue weighted by Crippen LogP contribution is 2.39. The van der Waals surface area contributed by atoms with Crippen molar-refractivity contribution < 1.29 is 14.5 Å². The molecule has 196 valence electrons. The van der Waals surface area contributed by atoms with Gasteiger partial charge in [0.1, 0.15) is 0 Å². The Hall–Kier alpha value is -3.26. The monoisotopic (exact) mass is 547 g/mol. The van der Waals surface area contributed by atoms with Crippen molar-refractivity contribution in [3.8, 4) is 0 Å². The molecule has 2 heterocycles. The van der Waals surface area contributed by atoms with Crippen LogP contribution in [0.3, 0.4) is 0 Å². The maximum absolute atomic E-state index is 12.8. The molecule has 5 rings (SSSR count). The molecule has 0 radical (unpaired) electrons. The number of hydrogen-bond acceptors (Lipinski definition) is 4. The lowest BCUT2D eigenvalue weighted by atomic mass is 10.1. The minimum absolute atomic E-state index is 0.117. The third-order valence-corrected chi connectivity index (χ3v) is 8.34. The van der Waals surface area contributed by atoms with E-state index in [0.29, 0.717) is 22.7 Å². The SMILES string of the molecule is Cc1ccc(Cl)cc1N1CC[NH+](CCCNC(=O)c2ccc3c(c2)NC(=O)C(=Cc2ccccc2)S3)CC1. The third-order valence-electron chi connectivity index (χ3n) is 7.01. The zero-order valence-corrected chi connectivity index (χ0v) is 23.0. The molecule has 1 fully saturated rings. The van der Waals surface area contributed by atoms with Gasteiger partial charge >= 0.3 is 0 Å². The predicted molar refractivity (Wildman–Crippen MR) is 156 cm³/mol. The first-order valence-corrected chi connectivity index (χ1v) is 14.2. The molecule has 0 spiro atoms. The second kappa shape index (κ2) is 12.1. The number of nitrogens with zero attached hydrogens (tertiary/aromatic N) is 1. The van der Waals surface area contributed by atoms with Gasteiger partial charge in [-0.2, -0.15) is 0 Å². The van der Waals surface area contributed by atoms with Gasteiger partial charge in [-0.05, 0) is 54.5 Å². The zero-order chi connectivity index (χ0) is 26.5. The van der Waals surface area contributed by atoms with E-state index < -0.39 is 0 Å². The number of hydrogen-bond donors (Lipinski definition) is 3. The molecular weight excluding hydrogens is 516 g/mol. The van der Waals surface area contributed by atoms with Crippen molar-refractivity contribution in [2.75, 3.05) is 49.5 Å². The van der Waals surface area contributed by atoms with Crippen LogP contribution in [-0.2, 0) is 4.79 Å². The average Bonchev–Trinajstić information content (AvgIpc) is 2.93. The molecule has 0 aromatic heterocycles. The van der Waals surface area contributed by atoms with Crippen molar-refractivity contribution in [2.24, 2.45) is 0 Å². The minimum Gasteiger partial charge on any atom is -0.360 e. The first kappa shape index (κ1) is 26.4. The largest absolute Gasteiger partial charge is 0.360 e. The van der Waals surface area contributed by atoms with E-state index in [9.17, 15) is 9.59 Å². The summed E-state index contributed by atoms with van der Waals surface area (Å²) in [6.45, 7) is 7.93. The van der Waals surface area contributed by atoms with Crippen LogP contribution in [0.4, 0.5) is 11.4 Å². The van der Waals surface area contributed by atoms with E-state index in [1.165, 1.54) is 23.0 Å². The van der Waals surface area contributed by atoms with Gasteiger partial charge in [0.15, 0.2) is 0 Å². The third kappa shape index (κ3) is 6.41. The van der Waals surface area contributed by atoms with Gasteiger partial charge in [-0.15, -0.1) is 0 Å². The molecule has 2 aliphatic rings. The van der Waals surface area contributed by atoms with Gasteiger partial charge in [0, 0.05) is 34.1 Å². The zero-order valence-electron chi connectivity index (χ0n) is 21.4. The Morgan fingerprint density at radius 2 is 1.89 bits per heavy atom. The van der Waals surface area contributed by atoms with Crippen LogP contribution in [0.5, 0.6) is 0 Å². The van der Waals surface area contributed by atoms with Gasteiger partial charge in [-0.25, -0.2) is 0 Å². The van der Waals surface area contributed by atoms with Gasteiger partial charge in [-0.1, -0.05) is 59.8 Å². The van der Waals surface area contributed by atoms with Crippen molar-refractivity contribution in [1.82, 2.24) is 5.32 Å². The average molecular weight is 548 g/mol. The summed E-state index contributed by atoms with van der Waals surface area (Å²) in [4.78, 5) is 30.9. The summed E-state index contributed by atoms with van der Waals surface area (Å²) >= 11 is 7.63. The van der Waals surface area contributed by atoms with Crippen molar-refractivity contribution in [2.45, 2.75) is 18.2 Å². The summed E-state index contributed by atoms with van der Waals surface area (Å²) in [5.74, 6) is -0.272. The number of halogens is 1. The molecule has 8 heteroatoms. The molecule has 38 heavy (non-hydrogen) atoms. The molecule has 0 saturated carbocycles. The number of amides is 2. The number of benzene rings is 3. The molecule has 1 saturated heterocycles. The van der Waals surface area contributed by atoms with Gasteiger partial charge < -0.3 is 20.4 Å². The van der Waals surface area contributed by atoms with Crippen molar-refractivity contribution in [3.63, 3.8) is 0 Å². The Labute approximate surface area is 233 Å². The van der Waals surface area contributed by atoms with Crippen molar-refractivity contribution in [1.29, 1.82) is 0 Å². The van der Waals surface area contributed by atoms with Crippen LogP contribution in [0, 0.1) is 6.92 Å². The lowest BCUT2D eigenvalue weighted by Crippen LogP contribution is -3.15. The molecule has 3 N–H and O–H groups in total. The number of anilines is 2. The number of thioether (sulfide) groups is 1. The van der Waals surface area contributed by atoms with E-state index in [4.69, 9.17) is 11.6 Å². The predicted octanol–water partition coefficient (Wildman–Crippen LogP) is 4.26. The van der Waals surface area contributed by atoms with E-state index in [1.807, 2.05) is 54.6 Å². The molecular formula is C30H32ClN4O2S+. The molecule has 0 unspecified atom stereocenters. The smallest absolute Gasteiger partial charge is 0.262 e. The first-order valence-electron chi connectivity index (χ1n) is 13.0. The molecule has 6 nitrogen and oxygen atoms in total. The van der Waals surface area contributed by atoms with Gasteiger partial charge in [0.2, 0.25) is 0 Å². The number of quaternary nitrogens is 1. The van der Waals surface area contributed by atoms with Crippen molar-refractivity contribution >= 4 is 52.6 Å². The Bertz CT molecular complexity index is 1350. The molecule has 0 aliphatic carbocycles. The molecule has 0 bridgehead atoms. The van der Waals surface area contributed by atoms with Crippen molar-refractivity contribution in [3.05, 3.63) is 93.3 Å². The highest BCUT2D eigenvalue weighted by atomic mass is 35.5. The van der Waals surface area contributed by atoms with Crippen LogP contribution < -0.4 is 20.4 Å². The Kier molecular flexibility index (Phi) is 8.37. The molecule has 3 aromatic carbocycles. The number of piperazine rings is 1. The van der Waals surface area contributed by atoms with Crippen LogP contribution in [0.25, 0.3) is 6.08 Å². The van der Waals surface area contributed by atoms with E-state index in [1.54, 1.807) is 11.0 Å². The lowest BCUT2D eigenvalue weighted by molar-refractivity contribution is -0.900. The standard InChI is InChI=1S/C30H31ClN4O2S/c1-21-8-10-24(31)20-26(21)35-16-14-34(15-17-35)13-5-12-32-29(36)23-9-11-27-25(19-23)33-30(37)28(38-27)18-22-6-3-2-4-7-22/h2-4,6-11,18-20H,5,12-17H2,1H3,(H,32,36)(H,33,37)/p+1. The second-order valence-corrected chi connectivity index (χ2v) is 11.2. The van der Waals surface area contributed by atoms with Crippen LogP contribution >= 0.6 is 23.4 Å². The maximum atomic E-state index is 12.8. The summed E-state index contributed by atoms with van der Waals surface area (Å²) in [5.41, 5.74) is 4.69. The summed E-state index contributed by atoms with van der Waals surface area (Å²) in [6, 6.07) is 21.3. The number of aryl methyl sites for hydroxylation is 1. The molecule has 2 aliphatic heterocycles. The van der Waals surface area contributed by atoms with Gasteiger partial charge in [0.05, 0.1) is 43.3 Å². The fourth-order valence-electron chi connectivity index (χ4n) is 4.88. The topological polar surface area (TPSA) is 65.9 Å². The molecule has 3 aromatic rings. The number of fused-ring (bicyclic) bond motifs is 1. The Balaban J connectivity index is 1.08. The van der Waals surface area contributed by atoms with E-state index in [2.05, 4.69) is 34.6 Å². The number of nitrogens with one attached hydrogen (secondary N) is 3. The normalized spacial score (nSPS) is 16.7. The quantitative estimate of drug-likeness (QED) is 0.305. The van der Waals surface area contributed by atoms with Crippen LogP contribution in [0.2, 0.25) is 5.02 Å². The number of rotatable bonds is 7. The van der Waals surface area contributed by atoms with Gasteiger partial charge in [-0.3, -0.25) is 9.59 Å². The van der Waals surface area contributed by atoms with E-state index in [0.717, 1.165) is 54.6 Å².